The Morgan fingerprint density at radius 1 is 1.33 bits per heavy atom. The topological polar surface area (TPSA) is 15.3 Å². The summed E-state index contributed by atoms with van der Waals surface area (Å²) in [4.78, 5) is 1.99. The van der Waals surface area contributed by atoms with Crippen LogP contribution in [0.25, 0.3) is 0 Å². The first-order valence-corrected chi connectivity index (χ1v) is 7.55. The van der Waals surface area contributed by atoms with E-state index in [4.69, 9.17) is 11.6 Å². The monoisotopic (exact) mass is 320 g/mol. The lowest BCUT2D eigenvalue weighted by Crippen LogP contribution is -2.48. The molecule has 118 valence electrons. The van der Waals surface area contributed by atoms with E-state index in [2.05, 4.69) is 19.2 Å². The van der Waals surface area contributed by atoms with E-state index in [1.54, 1.807) is 6.07 Å². The van der Waals surface area contributed by atoms with Gasteiger partial charge < -0.3 is 10.2 Å². The van der Waals surface area contributed by atoms with Crippen molar-refractivity contribution in [3.63, 3.8) is 0 Å². The van der Waals surface area contributed by atoms with Crippen LogP contribution in [0.1, 0.15) is 25.8 Å². The van der Waals surface area contributed by atoms with Crippen molar-refractivity contribution < 1.29 is 13.2 Å². The summed E-state index contributed by atoms with van der Waals surface area (Å²) < 4.78 is 38.6. The third kappa shape index (κ3) is 4.04. The Balaban J connectivity index is 2.18. The fourth-order valence-corrected chi connectivity index (χ4v) is 3.10. The van der Waals surface area contributed by atoms with Crippen LogP contribution in [0.5, 0.6) is 0 Å². The molecule has 1 fully saturated rings. The fraction of sp³-hybridized carbons (Fsp3) is 0.600. The first-order chi connectivity index (χ1) is 9.81. The maximum Gasteiger partial charge on any atom is 0.416 e. The minimum atomic E-state index is -4.37. The number of nitrogens with one attached hydrogen (secondary N) is 1. The molecular formula is C15H20ClF3N2. The molecule has 0 spiro atoms. The van der Waals surface area contributed by atoms with Crippen molar-refractivity contribution in [1.82, 2.24) is 5.32 Å². The van der Waals surface area contributed by atoms with Crippen LogP contribution in [0, 0.1) is 5.92 Å². The standard InChI is InChI=1S/C15H20ClF3N2/c1-3-20-14-4-5-21(9-10(14)2)13-7-11(15(17,18)19)6-12(16)8-13/h6-8,10,14,20H,3-5,9H2,1-2H3. The van der Waals surface area contributed by atoms with E-state index in [9.17, 15) is 13.2 Å². The molecule has 0 amide bonds. The zero-order valence-electron chi connectivity index (χ0n) is 12.2. The lowest BCUT2D eigenvalue weighted by atomic mass is 9.93. The largest absolute Gasteiger partial charge is 0.416 e. The summed E-state index contributed by atoms with van der Waals surface area (Å²) >= 11 is 5.85. The van der Waals surface area contributed by atoms with Gasteiger partial charge in [-0.1, -0.05) is 25.4 Å². The number of nitrogens with zero attached hydrogens (tertiary/aromatic N) is 1. The Morgan fingerprint density at radius 3 is 2.62 bits per heavy atom. The van der Waals surface area contributed by atoms with Gasteiger partial charge in [-0.05, 0) is 37.1 Å². The Morgan fingerprint density at radius 2 is 2.05 bits per heavy atom. The predicted molar refractivity (Wildman–Crippen MR) is 79.9 cm³/mol. The van der Waals surface area contributed by atoms with E-state index < -0.39 is 11.7 Å². The molecule has 1 aliphatic heterocycles. The second-order valence-corrected chi connectivity index (χ2v) is 6.01. The molecule has 2 atom stereocenters. The fourth-order valence-electron chi connectivity index (χ4n) is 2.87. The van der Waals surface area contributed by atoms with Gasteiger partial charge in [0, 0.05) is 29.8 Å². The van der Waals surface area contributed by atoms with E-state index in [0.29, 0.717) is 17.6 Å². The molecule has 1 saturated heterocycles. The van der Waals surface area contributed by atoms with Gasteiger partial charge >= 0.3 is 6.18 Å². The number of hydrogen-bond acceptors (Lipinski definition) is 2. The Bertz CT molecular complexity index is 490. The molecule has 0 aromatic heterocycles. The molecular weight excluding hydrogens is 301 g/mol. The molecule has 6 heteroatoms. The van der Waals surface area contributed by atoms with E-state index in [1.165, 1.54) is 6.07 Å². The molecule has 1 aliphatic rings. The molecule has 0 bridgehead atoms. The number of anilines is 1. The summed E-state index contributed by atoms with van der Waals surface area (Å²) in [5.74, 6) is 0.381. The summed E-state index contributed by atoms with van der Waals surface area (Å²) in [7, 11) is 0. The van der Waals surface area contributed by atoms with Gasteiger partial charge in [-0.3, -0.25) is 0 Å². The highest BCUT2D eigenvalue weighted by atomic mass is 35.5. The molecule has 1 aromatic carbocycles. The van der Waals surface area contributed by atoms with Crippen molar-refractivity contribution in [1.29, 1.82) is 0 Å². The third-order valence-corrected chi connectivity index (χ3v) is 4.16. The highest BCUT2D eigenvalue weighted by molar-refractivity contribution is 6.30. The lowest BCUT2D eigenvalue weighted by molar-refractivity contribution is -0.137. The predicted octanol–water partition coefficient (Wildman–Crippen LogP) is 4.18. The maximum absolute atomic E-state index is 12.9. The van der Waals surface area contributed by atoms with Crippen molar-refractivity contribution in [2.45, 2.75) is 32.5 Å². The smallest absolute Gasteiger partial charge is 0.371 e. The number of hydrogen-bond donors (Lipinski definition) is 1. The molecule has 2 nitrogen and oxygen atoms in total. The quantitative estimate of drug-likeness (QED) is 0.898. The number of halogens is 4. The number of benzene rings is 1. The van der Waals surface area contributed by atoms with Crippen LogP contribution >= 0.6 is 11.6 Å². The van der Waals surface area contributed by atoms with Gasteiger partial charge in [-0.2, -0.15) is 13.2 Å². The second-order valence-electron chi connectivity index (χ2n) is 5.57. The van der Waals surface area contributed by atoms with Gasteiger partial charge in [0.1, 0.15) is 0 Å². The Kier molecular flexibility index (Phi) is 5.04. The number of piperidine rings is 1. The molecule has 21 heavy (non-hydrogen) atoms. The zero-order valence-corrected chi connectivity index (χ0v) is 12.9. The minimum Gasteiger partial charge on any atom is -0.371 e. The zero-order chi connectivity index (χ0) is 15.6. The van der Waals surface area contributed by atoms with E-state index in [0.717, 1.165) is 32.1 Å². The van der Waals surface area contributed by atoms with Crippen molar-refractivity contribution in [3.05, 3.63) is 28.8 Å². The van der Waals surface area contributed by atoms with E-state index in [1.807, 2.05) is 4.90 Å². The van der Waals surface area contributed by atoms with E-state index in [-0.39, 0.29) is 5.02 Å². The average molecular weight is 321 g/mol. The SMILES string of the molecule is CCNC1CCN(c2cc(Cl)cc(C(F)(F)F)c2)CC1C. The molecule has 0 aliphatic carbocycles. The number of rotatable bonds is 3. The van der Waals surface area contributed by atoms with Crippen molar-refractivity contribution in [3.8, 4) is 0 Å². The Labute approximate surface area is 128 Å². The van der Waals surface area contributed by atoms with Gasteiger partial charge in [-0.15, -0.1) is 0 Å². The number of alkyl halides is 3. The minimum absolute atomic E-state index is 0.126. The van der Waals surface area contributed by atoms with Gasteiger partial charge in [0.15, 0.2) is 0 Å². The molecule has 2 rings (SSSR count). The van der Waals surface area contributed by atoms with Gasteiger partial charge in [0.2, 0.25) is 0 Å². The van der Waals surface area contributed by atoms with Crippen LogP contribution in [0.4, 0.5) is 18.9 Å². The average Bonchev–Trinajstić information content (AvgIpc) is 2.39. The van der Waals surface area contributed by atoms with Gasteiger partial charge in [-0.25, -0.2) is 0 Å². The molecule has 0 radical (unpaired) electrons. The van der Waals surface area contributed by atoms with Crippen molar-refractivity contribution >= 4 is 17.3 Å². The second kappa shape index (κ2) is 6.44. The van der Waals surface area contributed by atoms with Crippen molar-refractivity contribution in [2.24, 2.45) is 5.92 Å². The molecule has 1 N–H and O–H groups in total. The van der Waals surface area contributed by atoms with Gasteiger partial charge in [0.25, 0.3) is 0 Å². The van der Waals surface area contributed by atoms with Crippen LogP contribution in [-0.2, 0) is 6.18 Å². The van der Waals surface area contributed by atoms with Crippen LogP contribution < -0.4 is 10.2 Å². The summed E-state index contributed by atoms with van der Waals surface area (Å²) in [5.41, 5.74) is -0.136. The Hall–Kier alpha value is -0.940. The highest BCUT2D eigenvalue weighted by Crippen LogP contribution is 2.35. The first-order valence-electron chi connectivity index (χ1n) is 7.17. The first kappa shape index (κ1) is 16.4. The third-order valence-electron chi connectivity index (χ3n) is 3.95. The maximum atomic E-state index is 12.9. The highest BCUT2D eigenvalue weighted by Gasteiger charge is 2.32. The van der Waals surface area contributed by atoms with Crippen LogP contribution in [0.3, 0.4) is 0 Å². The van der Waals surface area contributed by atoms with Crippen molar-refractivity contribution in [2.75, 3.05) is 24.5 Å². The summed E-state index contributed by atoms with van der Waals surface area (Å²) in [6.07, 6.45) is -3.45. The molecule has 1 heterocycles. The molecule has 1 aromatic rings. The molecule has 2 unspecified atom stereocenters. The van der Waals surface area contributed by atoms with E-state index >= 15 is 0 Å². The van der Waals surface area contributed by atoms with Crippen LogP contribution in [0.2, 0.25) is 5.02 Å². The summed E-state index contributed by atoms with van der Waals surface area (Å²) in [6.45, 7) is 6.56. The van der Waals surface area contributed by atoms with Crippen LogP contribution in [-0.4, -0.2) is 25.7 Å². The normalized spacial score (nSPS) is 23.4. The summed E-state index contributed by atoms with van der Waals surface area (Å²) in [6, 6.07) is 4.19. The van der Waals surface area contributed by atoms with Gasteiger partial charge in [0.05, 0.1) is 5.56 Å². The van der Waals surface area contributed by atoms with Crippen LogP contribution in [0.15, 0.2) is 18.2 Å². The molecule has 0 saturated carbocycles. The summed E-state index contributed by atoms with van der Waals surface area (Å²) in [5, 5.41) is 3.55. The lowest BCUT2D eigenvalue weighted by Gasteiger charge is -2.39.